The molecule has 0 saturated carbocycles. The Morgan fingerprint density at radius 1 is 1.67 bits per heavy atom. The average Bonchev–Trinajstić information content (AvgIpc) is 2.28. The van der Waals surface area contributed by atoms with Gasteiger partial charge in [0, 0.05) is 20.0 Å². The summed E-state index contributed by atoms with van der Waals surface area (Å²) in [5.74, 6) is 0.765. The van der Waals surface area contributed by atoms with E-state index in [1.165, 1.54) is 6.92 Å². The molecule has 1 amide bonds. The van der Waals surface area contributed by atoms with Gasteiger partial charge in [-0.05, 0) is 6.92 Å². The van der Waals surface area contributed by atoms with Crippen LogP contribution in [0.5, 0.6) is 0 Å². The third kappa shape index (κ3) is 1.67. The molecule has 0 bridgehead atoms. The lowest BCUT2D eigenvalue weighted by Gasteiger charge is -2.12. The molecule has 0 aromatic carbocycles. The van der Waals surface area contributed by atoms with Gasteiger partial charge in [-0.3, -0.25) is 4.79 Å². The molecule has 1 unspecified atom stereocenters. The normalized spacial score (nSPS) is 10.0. The summed E-state index contributed by atoms with van der Waals surface area (Å²) in [6.45, 7) is 3.36. The number of rotatable bonds is 1. The Morgan fingerprint density at radius 2 is 2.25 bits per heavy atom. The Balaban J connectivity index is 3.02. The lowest BCUT2D eigenvalue weighted by atomic mass is 10.3. The number of hydrogen-bond acceptors (Lipinski definition) is 2. The molecule has 66 valence electrons. The van der Waals surface area contributed by atoms with E-state index in [0.717, 1.165) is 16.9 Å². The van der Waals surface area contributed by atoms with Crippen LogP contribution < -0.4 is 10.4 Å². The zero-order valence-corrected chi connectivity index (χ0v) is 8.57. The third-order valence-electron chi connectivity index (χ3n) is 1.74. The second kappa shape index (κ2) is 3.28. The fraction of sp³-hybridized carbons (Fsp3) is 0.375. The van der Waals surface area contributed by atoms with Crippen LogP contribution in [0.1, 0.15) is 12.7 Å². The molecule has 0 fully saturated rings. The number of aryl methyl sites for hydroxylation is 1. The number of furan rings is 1. The summed E-state index contributed by atoms with van der Waals surface area (Å²) < 4.78 is 5.25. The highest BCUT2D eigenvalue weighted by Gasteiger charge is 2.11. The Bertz CT molecular complexity index is 306. The molecule has 0 saturated heterocycles. The molecule has 1 atom stereocenters. The summed E-state index contributed by atoms with van der Waals surface area (Å²) in [6, 6.07) is 1.82. The predicted molar refractivity (Wildman–Crippen MR) is 51.9 cm³/mol. The van der Waals surface area contributed by atoms with Gasteiger partial charge in [0.15, 0.2) is 0 Å². The third-order valence-corrected chi connectivity index (χ3v) is 2.03. The molecule has 0 aliphatic rings. The van der Waals surface area contributed by atoms with Gasteiger partial charge in [-0.1, -0.05) is 9.24 Å². The molecule has 4 heteroatoms. The molecular formula is C8H12NO2P. The number of hydrogen-bond donors (Lipinski definition) is 0. The van der Waals surface area contributed by atoms with Gasteiger partial charge in [-0.2, -0.15) is 0 Å². The van der Waals surface area contributed by atoms with Crippen molar-refractivity contribution in [2.24, 2.45) is 0 Å². The molecule has 0 spiro atoms. The SMILES string of the molecule is CC(=O)N(C)c1cc(P)oc1C. The van der Waals surface area contributed by atoms with E-state index in [-0.39, 0.29) is 5.91 Å². The Hall–Kier alpha value is -0.820. The minimum absolute atomic E-state index is 0.00361. The Morgan fingerprint density at radius 3 is 2.58 bits per heavy atom. The van der Waals surface area contributed by atoms with Crippen molar-refractivity contribution in [3.8, 4) is 0 Å². The minimum Gasteiger partial charge on any atom is -0.460 e. The molecule has 1 aromatic rings. The first-order valence-corrected chi connectivity index (χ1v) is 4.20. The first-order chi connectivity index (χ1) is 5.52. The van der Waals surface area contributed by atoms with Crippen molar-refractivity contribution < 1.29 is 9.21 Å². The second-order valence-corrected chi connectivity index (χ2v) is 3.24. The van der Waals surface area contributed by atoms with Crippen molar-refractivity contribution in [2.45, 2.75) is 13.8 Å². The van der Waals surface area contributed by atoms with Crippen LogP contribution in [-0.4, -0.2) is 13.0 Å². The predicted octanol–water partition coefficient (Wildman–Crippen LogP) is 1.07. The molecule has 1 aromatic heterocycles. The van der Waals surface area contributed by atoms with Gasteiger partial charge in [-0.25, -0.2) is 0 Å². The van der Waals surface area contributed by atoms with Crippen LogP contribution in [0.3, 0.4) is 0 Å². The maximum atomic E-state index is 11.0. The van der Waals surface area contributed by atoms with Gasteiger partial charge < -0.3 is 9.32 Å². The average molecular weight is 185 g/mol. The summed E-state index contributed by atoms with van der Waals surface area (Å²) in [5, 5.41) is 0. The van der Waals surface area contributed by atoms with E-state index in [1.807, 2.05) is 13.0 Å². The molecule has 3 nitrogen and oxygen atoms in total. The number of carbonyl (C=O) groups is 1. The maximum absolute atomic E-state index is 11.0. The van der Waals surface area contributed by atoms with Crippen LogP contribution in [0.25, 0.3) is 0 Å². The molecule has 0 aliphatic carbocycles. The number of anilines is 1. The molecular weight excluding hydrogens is 173 g/mol. The van der Waals surface area contributed by atoms with E-state index in [1.54, 1.807) is 11.9 Å². The van der Waals surface area contributed by atoms with E-state index >= 15 is 0 Å². The summed E-state index contributed by atoms with van der Waals surface area (Å²) in [5.41, 5.74) is 1.57. The molecule has 0 radical (unpaired) electrons. The fourth-order valence-corrected chi connectivity index (χ4v) is 1.33. The summed E-state index contributed by atoms with van der Waals surface area (Å²) >= 11 is 0. The first kappa shape index (κ1) is 9.27. The van der Waals surface area contributed by atoms with Crippen molar-refractivity contribution in [3.63, 3.8) is 0 Å². The molecule has 0 N–H and O–H groups in total. The van der Waals surface area contributed by atoms with Gasteiger partial charge in [-0.15, -0.1) is 0 Å². The summed E-state index contributed by atoms with van der Waals surface area (Å²) in [4.78, 5) is 12.5. The monoisotopic (exact) mass is 185 g/mol. The fourth-order valence-electron chi connectivity index (χ4n) is 0.998. The summed E-state index contributed by atoms with van der Waals surface area (Å²) in [6.07, 6.45) is 0. The van der Waals surface area contributed by atoms with Gasteiger partial charge in [0.25, 0.3) is 0 Å². The zero-order valence-electron chi connectivity index (χ0n) is 7.42. The topological polar surface area (TPSA) is 33.5 Å². The van der Waals surface area contributed by atoms with Gasteiger partial charge >= 0.3 is 0 Å². The van der Waals surface area contributed by atoms with Crippen molar-refractivity contribution >= 4 is 26.3 Å². The van der Waals surface area contributed by atoms with Crippen molar-refractivity contribution in [1.29, 1.82) is 0 Å². The van der Waals surface area contributed by atoms with Gasteiger partial charge in [0.1, 0.15) is 11.3 Å². The smallest absolute Gasteiger partial charge is 0.223 e. The Labute approximate surface area is 73.9 Å². The molecule has 1 rings (SSSR count). The maximum Gasteiger partial charge on any atom is 0.223 e. The van der Waals surface area contributed by atoms with Crippen LogP contribution in [0.15, 0.2) is 10.5 Å². The van der Waals surface area contributed by atoms with Crippen molar-refractivity contribution in [3.05, 3.63) is 11.8 Å². The van der Waals surface area contributed by atoms with Gasteiger partial charge in [0.2, 0.25) is 5.91 Å². The lowest BCUT2D eigenvalue weighted by molar-refractivity contribution is -0.116. The van der Waals surface area contributed by atoms with E-state index in [9.17, 15) is 4.79 Å². The number of nitrogens with zero attached hydrogens (tertiary/aromatic N) is 1. The van der Waals surface area contributed by atoms with E-state index in [0.29, 0.717) is 0 Å². The first-order valence-electron chi connectivity index (χ1n) is 3.62. The van der Waals surface area contributed by atoms with Crippen LogP contribution in [0, 0.1) is 6.92 Å². The lowest BCUT2D eigenvalue weighted by Crippen LogP contribution is -2.22. The van der Waals surface area contributed by atoms with Crippen LogP contribution >= 0.6 is 9.24 Å². The highest BCUT2D eigenvalue weighted by molar-refractivity contribution is 7.26. The standard InChI is InChI=1S/C8H12NO2P/c1-5-7(4-8(12)11-5)9(3)6(2)10/h4H,12H2,1-3H3. The van der Waals surface area contributed by atoms with Crippen LogP contribution in [0.2, 0.25) is 0 Å². The largest absolute Gasteiger partial charge is 0.460 e. The zero-order chi connectivity index (χ0) is 9.30. The van der Waals surface area contributed by atoms with E-state index < -0.39 is 0 Å². The minimum atomic E-state index is 0.00361. The van der Waals surface area contributed by atoms with E-state index in [2.05, 4.69) is 9.24 Å². The van der Waals surface area contributed by atoms with Crippen molar-refractivity contribution in [2.75, 3.05) is 11.9 Å². The molecule has 1 heterocycles. The number of amides is 1. The van der Waals surface area contributed by atoms with E-state index in [4.69, 9.17) is 4.42 Å². The highest BCUT2D eigenvalue weighted by atomic mass is 31.0. The quantitative estimate of drug-likeness (QED) is 0.613. The van der Waals surface area contributed by atoms with Gasteiger partial charge in [0.05, 0.1) is 5.69 Å². The second-order valence-electron chi connectivity index (χ2n) is 2.67. The highest BCUT2D eigenvalue weighted by Crippen LogP contribution is 2.19. The van der Waals surface area contributed by atoms with Crippen LogP contribution in [0.4, 0.5) is 5.69 Å². The Kier molecular flexibility index (Phi) is 2.53. The summed E-state index contributed by atoms with van der Waals surface area (Å²) in [7, 11) is 4.18. The molecule has 0 aliphatic heterocycles. The van der Waals surface area contributed by atoms with Crippen LogP contribution in [-0.2, 0) is 4.79 Å². The van der Waals surface area contributed by atoms with Crippen molar-refractivity contribution in [1.82, 2.24) is 0 Å². The number of carbonyl (C=O) groups excluding carboxylic acids is 1. The molecule has 12 heavy (non-hydrogen) atoms.